The van der Waals surface area contributed by atoms with Gasteiger partial charge in [0.1, 0.15) is 24.2 Å². The van der Waals surface area contributed by atoms with Crippen LogP contribution in [0.15, 0.2) is 42.7 Å². The minimum Gasteiger partial charge on any atom is -0.495 e. The summed E-state index contributed by atoms with van der Waals surface area (Å²) in [5.41, 5.74) is 1.65. The summed E-state index contributed by atoms with van der Waals surface area (Å²) in [6, 6.07) is 11.9. The van der Waals surface area contributed by atoms with Gasteiger partial charge in [-0.1, -0.05) is 6.07 Å². The SMILES string of the molecule is COc1cc(CN2C[C@H](OC)C[C@H]2COc2cccnc2)ccc1C#N. The average Bonchev–Trinajstić information content (AvgIpc) is 3.09. The number of methoxy groups -OCH3 is 2. The van der Waals surface area contributed by atoms with Crippen LogP contribution in [0.2, 0.25) is 0 Å². The van der Waals surface area contributed by atoms with Crippen molar-refractivity contribution in [2.24, 2.45) is 0 Å². The van der Waals surface area contributed by atoms with Gasteiger partial charge in [-0.3, -0.25) is 9.88 Å². The second kappa shape index (κ2) is 8.65. The fraction of sp³-hybridized carbons (Fsp3) is 0.400. The van der Waals surface area contributed by atoms with Gasteiger partial charge < -0.3 is 14.2 Å². The summed E-state index contributed by atoms with van der Waals surface area (Å²) in [5, 5.41) is 9.13. The summed E-state index contributed by atoms with van der Waals surface area (Å²) < 4.78 is 16.8. The first-order valence-corrected chi connectivity index (χ1v) is 8.60. The quantitative estimate of drug-likeness (QED) is 0.762. The molecule has 1 aromatic heterocycles. The highest BCUT2D eigenvalue weighted by Crippen LogP contribution is 2.26. The Bertz CT molecular complexity index is 761. The van der Waals surface area contributed by atoms with E-state index in [0.29, 0.717) is 17.9 Å². The number of aromatic nitrogens is 1. The molecular weight excluding hydrogens is 330 g/mol. The third-order valence-corrected chi connectivity index (χ3v) is 4.67. The molecule has 0 N–H and O–H groups in total. The van der Waals surface area contributed by atoms with Crippen molar-refractivity contribution in [2.45, 2.75) is 25.1 Å². The molecule has 2 aromatic rings. The summed E-state index contributed by atoms with van der Waals surface area (Å²) in [7, 11) is 3.33. The Labute approximate surface area is 153 Å². The molecule has 2 atom stereocenters. The van der Waals surface area contributed by atoms with Crippen LogP contribution < -0.4 is 9.47 Å². The van der Waals surface area contributed by atoms with Gasteiger partial charge >= 0.3 is 0 Å². The molecule has 0 bridgehead atoms. The van der Waals surface area contributed by atoms with E-state index in [1.165, 1.54) is 0 Å². The summed E-state index contributed by atoms with van der Waals surface area (Å²) in [6.07, 6.45) is 4.56. The number of ether oxygens (including phenoxy) is 3. The normalized spacial score (nSPS) is 19.9. The van der Waals surface area contributed by atoms with Crippen LogP contribution in [0.1, 0.15) is 17.5 Å². The highest BCUT2D eigenvalue weighted by molar-refractivity contribution is 5.45. The Balaban J connectivity index is 1.68. The standard InChI is InChI=1S/C20H23N3O3/c1-24-19-9-17(14-26-18-4-3-7-22-11-18)23(13-19)12-15-5-6-16(10-21)20(8-15)25-2/h3-8,11,17,19H,9,12-14H2,1-2H3/t17-,19+/m0/s1. The molecule has 136 valence electrons. The predicted octanol–water partition coefficient (Wildman–Crippen LogP) is 2.63. The maximum absolute atomic E-state index is 9.13. The summed E-state index contributed by atoms with van der Waals surface area (Å²) in [4.78, 5) is 6.43. The first-order chi connectivity index (χ1) is 12.7. The molecule has 1 aliphatic heterocycles. The van der Waals surface area contributed by atoms with E-state index in [1.54, 1.807) is 32.7 Å². The lowest BCUT2D eigenvalue weighted by molar-refractivity contribution is 0.107. The van der Waals surface area contributed by atoms with Gasteiger partial charge in [0, 0.05) is 32.4 Å². The maximum Gasteiger partial charge on any atom is 0.137 e. The maximum atomic E-state index is 9.13. The number of pyridine rings is 1. The van der Waals surface area contributed by atoms with Crippen molar-refractivity contribution in [3.63, 3.8) is 0 Å². The van der Waals surface area contributed by atoms with Crippen LogP contribution in [0.5, 0.6) is 11.5 Å². The highest BCUT2D eigenvalue weighted by Gasteiger charge is 2.32. The zero-order valence-corrected chi connectivity index (χ0v) is 15.1. The van der Waals surface area contributed by atoms with Crippen molar-refractivity contribution in [2.75, 3.05) is 27.4 Å². The van der Waals surface area contributed by atoms with E-state index in [0.717, 1.165) is 30.8 Å². The number of hydrogen-bond acceptors (Lipinski definition) is 6. The topological polar surface area (TPSA) is 67.6 Å². The molecule has 2 heterocycles. The second-order valence-corrected chi connectivity index (χ2v) is 6.32. The molecule has 1 fully saturated rings. The first-order valence-electron chi connectivity index (χ1n) is 8.60. The minimum absolute atomic E-state index is 0.192. The van der Waals surface area contributed by atoms with Gasteiger partial charge in [0.15, 0.2) is 0 Å². The molecule has 6 nitrogen and oxygen atoms in total. The van der Waals surface area contributed by atoms with E-state index in [2.05, 4.69) is 16.0 Å². The lowest BCUT2D eigenvalue weighted by Gasteiger charge is -2.24. The molecule has 0 saturated carbocycles. The molecule has 1 aliphatic rings. The molecule has 0 unspecified atom stereocenters. The number of benzene rings is 1. The Morgan fingerprint density at radius 2 is 2.19 bits per heavy atom. The summed E-state index contributed by atoms with van der Waals surface area (Å²) >= 11 is 0. The largest absolute Gasteiger partial charge is 0.495 e. The summed E-state index contributed by atoms with van der Waals surface area (Å²) in [6.45, 7) is 2.18. The molecule has 0 aliphatic carbocycles. The van der Waals surface area contributed by atoms with Crippen molar-refractivity contribution >= 4 is 0 Å². The molecule has 26 heavy (non-hydrogen) atoms. The van der Waals surface area contributed by atoms with Crippen LogP contribution >= 0.6 is 0 Å². The van der Waals surface area contributed by atoms with E-state index in [4.69, 9.17) is 19.5 Å². The van der Waals surface area contributed by atoms with Crippen LogP contribution in [0.25, 0.3) is 0 Å². The van der Waals surface area contributed by atoms with Crippen molar-refractivity contribution in [3.8, 4) is 17.6 Å². The number of nitriles is 1. The van der Waals surface area contributed by atoms with E-state index in [1.807, 2.05) is 24.3 Å². The molecule has 0 radical (unpaired) electrons. The van der Waals surface area contributed by atoms with Gasteiger partial charge in [0.25, 0.3) is 0 Å². The monoisotopic (exact) mass is 353 g/mol. The number of likely N-dealkylation sites (tertiary alicyclic amines) is 1. The van der Waals surface area contributed by atoms with E-state index in [-0.39, 0.29) is 12.1 Å². The van der Waals surface area contributed by atoms with Crippen LogP contribution in [0, 0.1) is 11.3 Å². The molecular formula is C20H23N3O3. The van der Waals surface area contributed by atoms with E-state index in [9.17, 15) is 0 Å². The molecule has 0 amide bonds. The van der Waals surface area contributed by atoms with Crippen LogP contribution in [0.4, 0.5) is 0 Å². The predicted molar refractivity (Wildman–Crippen MR) is 97.1 cm³/mol. The van der Waals surface area contributed by atoms with Gasteiger partial charge in [0.2, 0.25) is 0 Å². The van der Waals surface area contributed by atoms with Crippen LogP contribution in [-0.4, -0.2) is 49.4 Å². The fourth-order valence-electron chi connectivity index (χ4n) is 3.26. The van der Waals surface area contributed by atoms with Crippen LogP contribution in [0.3, 0.4) is 0 Å². The van der Waals surface area contributed by atoms with Gasteiger partial charge in [-0.15, -0.1) is 0 Å². The third kappa shape index (κ3) is 4.31. The molecule has 3 rings (SSSR count). The Kier molecular flexibility index (Phi) is 6.05. The minimum atomic E-state index is 0.192. The molecule has 1 aromatic carbocycles. The number of rotatable bonds is 7. The van der Waals surface area contributed by atoms with Crippen molar-refractivity contribution in [1.82, 2.24) is 9.88 Å². The fourth-order valence-corrected chi connectivity index (χ4v) is 3.26. The van der Waals surface area contributed by atoms with Crippen molar-refractivity contribution in [3.05, 3.63) is 53.9 Å². The lowest BCUT2D eigenvalue weighted by Crippen LogP contribution is -2.34. The Hall–Kier alpha value is -2.62. The van der Waals surface area contributed by atoms with E-state index >= 15 is 0 Å². The summed E-state index contributed by atoms with van der Waals surface area (Å²) in [5.74, 6) is 1.38. The van der Waals surface area contributed by atoms with Crippen molar-refractivity contribution in [1.29, 1.82) is 5.26 Å². The average molecular weight is 353 g/mol. The Morgan fingerprint density at radius 3 is 2.88 bits per heavy atom. The third-order valence-electron chi connectivity index (χ3n) is 4.67. The number of hydrogen-bond donors (Lipinski definition) is 0. The molecule has 0 spiro atoms. The van der Waals surface area contributed by atoms with Gasteiger partial charge in [-0.05, 0) is 36.2 Å². The smallest absolute Gasteiger partial charge is 0.137 e. The first kappa shape index (κ1) is 18.2. The van der Waals surface area contributed by atoms with E-state index < -0.39 is 0 Å². The van der Waals surface area contributed by atoms with Crippen LogP contribution in [-0.2, 0) is 11.3 Å². The molecule has 6 heteroatoms. The second-order valence-electron chi connectivity index (χ2n) is 6.32. The molecule has 1 saturated heterocycles. The highest BCUT2D eigenvalue weighted by atomic mass is 16.5. The van der Waals surface area contributed by atoms with Gasteiger partial charge in [-0.2, -0.15) is 5.26 Å². The van der Waals surface area contributed by atoms with Gasteiger partial charge in [0.05, 0.1) is 25.0 Å². The zero-order valence-electron chi connectivity index (χ0n) is 15.1. The van der Waals surface area contributed by atoms with Crippen molar-refractivity contribution < 1.29 is 14.2 Å². The van der Waals surface area contributed by atoms with Gasteiger partial charge in [-0.25, -0.2) is 0 Å². The lowest BCUT2D eigenvalue weighted by atomic mass is 10.1. The number of nitrogens with zero attached hydrogens (tertiary/aromatic N) is 3. The zero-order chi connectivity index (χ0) is 18.4. The Morgan fingerprint density at radius 1 is 1.31 bits per heavy atom.